The van der Waals surface area contributed by atoms with E-state index < -0.39 is 0 Å². The molecule has 2 aromatic carbocycles. The number of guanidine groups is 1. The van der Waals surface area contributed by atoms with Gasteiger partial charge in [0.1, 0.15) is 12.2 Å². The maximum Gasteiger partial charge on any atom is 0.191 e. The summed E-state index contributed by atoms with van der Waals surface area (Å²) >= 11 is 0. The Labute approximate surface area is 202 Å². The highest BCUT2D eigenvalue weighted by atomic mass is 127. The molecule has 0 aliphatic rings. The first kappa shape index (κ1) is 24.8. The second kappa shape index (κ2) is 13.8. The molecule has 6 nitrogen and oxygen atoms in total. The number of halogens is 1. The van der Waals surface area contributed by atoms with Gasteiger partial charge in [-0.3, -0.25) is 4.99 Å². The number of nitrogens with zero attached hydrogens (tertiary/aromatic N) is 4. The van der Waals surface area contributed by atoms with Crippen molar-refractivity contribution in [2.75, 3.05) is 13.1 Å². The van der Waals surface area contributed by atoms with Gasteiger partial charge in [0, 0.05) is 26.1 Å². The maximum absolute atomic E-state index is 4.82. The molecule has 0 aliphatic heterocycles. The van der Waals surface area contributed by atoms with Gasteiger partial charge in [0.05, 0.1) is 6.04 Å². The van der Waals surface area contributed by atoms with Gasteiger partial charge in [-0.25, -0.2) is 0 Å². The van der Waals surface area contributed by atoms with Crippen molar-refractivity contribution in [1.82, 2.24) is 25.4 Å². The van der Waals surface area contributed by atoms with Gasteiger partial charge in [0.25, 0.3) is 0 Å². The fourth-order valence-electron chi connectivity index (χ4n) is 3.34. The van der Waals surface area contributed by atoms with E-state index in [0.717, 1.165) is 50.7 Å². The first-order chi connectivity index (χ1) is 14.8. The highest BCUT2D eigenvalue weighted by Crippen LogP contribution is 2.11. The number of aryl methyl sites for hydroxylation is 2. The molecule has 1 aromatic heterocycles. The van der Waals surface area contributed by atoms with Crippen molar-refractivity contribution in [3.8, 4) is 0 Å². The van der Waals surface area contributed by atoms with Crippen LogP contribution < -0.4 is 10.6 Å². The summed E-state index contributed by atoms with van der Waals surface area (Å²) in [6.07, 6.45) is 4.72. The molecule has 0 fully saturated rings. The molecule has 1 heterocycles. The van der Waals surface area contributed by atoms with Gasteiger partial charge in [-0.05, 0) is 30.9 Å². The van der Waals surface area contributed by atoms with Crippen molar-refractivity contribution in [2.45, 2.75) is 45.7 Å². The molecule has 2 N–H and O–H groups in total. The summed E-state index contributed by atoms with van der Waals surface area (Å²) < 4.78 is 2.08. The standard InChI is InChI=1S/C24H32N6.HI/c1-3-23-29-27-19-30(23)18-17-26-24(28-20(2)22-14-8-5-9-15-22)25-16-10-13-21-11-6-4-7-12-21;/h4-9,11-12,14-15,19-20H,3,10,13,16-18H2,1-2H3,(H2,25,26,28);1H. The van der Waals surface area contributed by atoms with E-state index in [1.54, 1.807) is 6.33 Å². The van der Waals surface area contributed by atoms with Crippen molar-refractivity contribution >= 4 is 29.9 Å². The third-order valence-electron chi connectivity index (χ3n) is 5.05. The fourth-order valence-corrected chi connectivity index (χ4v) is 3.34. The van der Waals surface area contributed by atoms with Crippen LogP contribution in [0, 0.1) is 0 Å². The van der Waals surface area contributed by atoms with Crippen LogP contribution in [0.5, 0.6) is 0 Å². The molecule has 1 unspecified atom stereocenters. The van der Waals surface area contributed by atoms with Crippen molar-refractivity contribution in [3.05, 3.63) is 83.9 Å². The summed E-state index contributed by atoms with van der Waals surface area (Å²) in [5.41, 5.74) is 2.59. The van der Waals surface area contributed by atoms with E-state index in [1.165, 1.54) is 11.1 Å². The lowest BCUT2D eigenvalue weighted by Crippen LogP contribution is -2.40. The number of hydrogen-bond acceptors (Lipinski definition) is 3. The second-order valence-corrected chi connectivity index (χ2v) is 7.32. The van der Waals surface area contributed by atoms with Crippen LogP contribution >= 0.6 is 24.0 Å². The van der Waals surface area contributed by atoms with Gasteiger partial charge in [-0.2, -0.15) is 0 Å². The summed E-state index contributed by atoms with van der Waals surface area (Å²) in [6, 6.07) is 21.2. The zero-order valence-electron chi connectivity index (χ0n) is 18.4. The highest BCUT2D eigenvalue weighted by molar-refractivity contribution is 14.0. The number of hydrogen-bond donors (Lipinski definition) is 2. The van der Waals surface area contributed by atoms with Crippen LogP contribution in [0.1, 0.15) is 43.3 Å². The Kier molecular flexibility index (Phi) is 11.1. The Balaban J connectivity index is 0.00000341. The largest absolute Gasteiger partial charge is 0.355 e. The lowest BCUT2D eigenvalue weighted by Gasteiger charge is -2.19. The number of benzene rings is 2. The summed E-state index contributed by atoms with van der Waals surface area (Å²) in [5, 5.41) is 15.2. The normalized spacial score (nSPS) is 12.1. The van der Waals surface area contributed by atoms with Crippen molar-refractivity contribution in [1.29, 1.82) is 0 Å². The molecule has 0 aliphatic carbocycles. The molecule has 0 saturated carbocycles. The van der Waals surface area contributed by atoms with Crippen molar-refractivity contribution in [2.24, 2.45) is 4.99 Å². The predicted octanol–water partition coefficient (Wildman–Crippen LogP) is 4.39. The first-order valence-corrected chi connectivity index (χ1v) is 10.8. The van der Waals surface area contributed by atoms with Crippen LogP contribution in [0.15, 0.2) is 72.0 Å². The summed E-state index contributed by atoms with van der Waals surface area (Å²) in [6.45, 7) is 6.60. The monoisotopic (exact) mass is 532 g/mol. The van der Waals surface area contributed by atoms with Gasteiger partial charge in [0.15, 0.2) is 5.96 Å². The third kappa shape index (κ3) is 8.32. The molecule has 0 amide bonds. The Morgan fingerprint density at radius 1 is 1.06 bits per heavy atom. The van der Waals surface area contributed by atoms with E-state index in [4.69, 9.17) is 4.99 Å². The molecule has 0 radical (unpaired) electrons. The fraction of sp³-hybridized carbons (Fsp3) is 0.375. The Hall–Kier alpha value is -2.42. The second-order valence-electron chi connectivity index (χ2n) is 7.32. The lowest BCUT2D eigenvalue weighted by atomic mass is 10.1. The van der Waals surface area contributed by atoms with Crippen LogP contribution in [0.3, 0.4) is 0 Å². The molecule has 7 heteroatoms. The van der Waals surface area contributed by atoms with Crippen LogP contribution in [0.25, 0.3) is 0 Å². The summed E-state index contributed by atoms with van der Waals surface area (Å²) in [7, 11) is 0. The maximum atomic E-state index is 4.82. The molecular formula is C24H33IN6. The Morgan fingerprint density at radius 3 is 2.48 bits per heavy atom. The number of rotatable bonds is 10. The van der Waals surface area contributed by atoms with E-state index in [-0.39, 0.29) is 30.0 Å². The van der Waals surface area contributed by atoms with E-state index in [1.807, 2.05) is 6.07 Å². The summed E-state index contributed by atoms with van der Waals surface area (Å²) in [4.78, 5) is 4.82. The van der Waals surface area contributed by atoms with Crippen LogP contribution in [0.2, 0.25) is 0 Å². The van der Waals surface area contributed by atoms with Gasteiger partial charge < -0.3 is 15.2 Å². The minimum Gasteiger partial charge on any atom is -0.355 e. The average Bonchev–Trinajstić information content (AvgIpc) is 3.25. The van der Waals surface area contributed by atoms with E-state index in [2.05, 4.69) is 93.8 Å². The van der Waals surface area contributed by atoms with E-state index in [0.29, 0.717) is 0 Å². The average molecular weight is 532 g/mol. The molecule has 3 aromatic rings. The van der Waals surface area contributed by atoms with E-state index in [9.17, 15) is 0 Å². The zero-order chi connectivity index (χ0) is 21.0. The Bertz CT molecular complexity index is 895. The predicted molar refractivity (Wildman–Crippen MR) is 138 cm³/mol. The van der Waals surface area contributed by atoms with Crippen molar-refractivity contribution < 1.29 is 0 Å². The molecule has 0 spiro atoms. The van der Waals surface area contributed by atoms with Gasteiger partial charge in [-0.15, -0.1) is 34.2 Å². The van der Waals surface area contributed by atoms with Crippen LogP contribution in [-0.2, 0) is 19.4 Å². The first-order valence-electron chi connectivity index (χ1n) is 10.8. The van der Waals surface area contributed by atoms with Gasteiger partial charge in [-0.1, -0.05) is 67.6 Å². The third-order valence-corrected chi connectivity index (χ3v) is 5.05. The van der Waals surface area contributed by atoms with Crippen LogP contribution in [0.4, 0.5) is 0 Å². The quantitative estimate of drug-likeness (QED) is 0.176. The summed E-state index contributed by atoms with van der Waals surface area (Å²) in [5.74, 6) is 1.84. The highest BCUT2D eigenvalue weighted by Gasteiger charge is 2.08. The minimum atomic E-state index is 0. The molecule has 3 rings (SSSR count). The molecular weight excluding hydrogens is 499 g/mol. The lowest BCUT2D eigenvalue weighted by molar-refractivity contribution is 0.618. The Morgan fingerprint density at radius 2 is 1.77 bits per heavy atom. The van der Waals surface area contributed by atoms with Crippen molar-refractivity contribution in [3.63, 3.8) is 0 Å². The molecule has 166 valence electrons. The molecule has 0 saturated heterocycles. The topological polar surface area (TPSA) is 67.1 Å². The SMILES string of the molecule is CCc1nncn1CCNC(=NCCCc1ccccc1)NC(C)c1ccccc1.I. The van der Waals surface area contributed by atoms with Gasteiger partial charge in [0.2, 0.25) is 0 Å². The van der Waals surface area contributed by atoms with Gasteiger partial charge >= 0.3 is 0 Å². The van der Waals surface area contributed by atoms with Crippen LogP contribution in [-0.4, -0.2) is 33.8 Å². The molecule has 0 bridgehead atoms. The minimum absolute atomic E-state index is 0. The molecule has 1 atom stereocenters. The van der Waals surface area contributed by atoms with E-state index >= 15 is 0 Å². The number of aliphatic imine (C=N–C) groups is 1. The number of aromatic nitrogens is 3. The molecule has 31 heavy (non-hydrogen) atoms. The smallest absolute Gasteiger partial charge is 0.191 e. The zero-order valence-corrected chi connectivity index (χ0v) is 20.7. The number of nitrogens with one attached hydrogen (secondary N) is 2.